The first-order valence-electron chi connectivity index (χ1n) is 5.41. The highest BCUT2D eigenvalue weighted by molar-refractivity contribution is 6.33. The molecule has 0 unspecified atom stereocenters. The fourth-order valence-electron chi connectivity index (χ4n) is 1.56. The van der Waals surface area contributed by atoms with Crippen LogP contribution in [0.1, 0.15) is 5.56 Å². The third kappa shape index (κ3) is 3.14. The second-order valence-electron chi connectivity index (χ2n) is 3.68. The Balaban J connectivity index is 2.08. The molecule has 0 atom stereocenters. The molecule has 88 valence electrons. The molecule has 0 saturated heterocycles. The fraction of sp³-hybridized carbons (Fsp3) is 0.143. The highest BCUT2D eigenvalue weighted by atomic mass is 35.5. The molecule has 0 aliphatic carbocycles. The maximum absolute atomic E-state index is 6.10. The largest absolute Gasteiger partial charge is 0.497 e. The molecule has 0 aromatic heterocycles. The van der Waals surface area contributed by atoms with E-state index in [1.165, 1.54) is 5.56 Å². The molecule has 0 saturated carbocycles. The minimum atomic E-state index is 0.696. The first kappa shape index (κ1) is 11.8. The van der Waals surface area contributed by atoms with E-state index in [0.29, 0.717) is 5.02 Å². The van der Waals surface area contributed by atoms with Crippen LogP contribution in [0.15, 0.2) is 48.5 Å². The van der Waals surface area contributed by atoms with Crippen LogP contribution >= 0.6 is 11.6 Å². The number of benzene rings is 2. The highest BCUT2D eigenvalue weighted by Crippen LogP contribution is 2.26. The monoisotopic (exact) mass is 247 g/mol. The minimum Gasteiger partial charge on any atom is -0.497 e. The quantitative estimate of drug-likeness (QED) is 0.883. The van der Waals surface area contributed by atoms with Gasteiger partial charge in [-0.05, 0) is 17.7 Å². The maximum atomic E-state index is 6.10. The minimum absolute atomic E-state index is 0.696. The van der Waals surface area contributed by atoms with Gasteiger partial charge in [0.2, 0.25) is 0 Å². The molecule has 0 heterocycles. The highest BCUT2D eigenvalue weighted by Gasteiger charge is 2.01. The van der Waals surface area contributed by atoms with Crippen LogP contribution in [0, 0.1) is 0 Å². The van der Waals surface area contributed by atoms with Crippen molar-refractivity contribution in [3.05, 3.63) is 59.1 Å². The van der Waals surface area contributed by atoms with Gasteiger partial charge in [0.15, 0.2) is 0 Å². The Morgan fingerprint density at radius 3 is 2.59 bits per heavy atom. The molecule has 2 nitrogen and oxygen atoms in total. The van der Waals surface area contributed by atoms with Crippen molar-refractivity contribution in [1.29, 1.82) is 0 Å². The van der Waals surface area contributed by atoms with E-state index in [2.05, 4.69) is 17.4 Å². The zero-order chi connectivity index (χ0) is 12.1. The van der Waals surface area contributed by atoms with Crippen molar-refractivity contribution >= 4 is 17.3 Å². The lowest BCUT2D eigenvalue weighted by Crippen LogP contribution is -2.00. The van der Waals surface area contributed by atoms with Crippen molar-refractivity contribution < 1.29 is 4.74 Å². The number of methoxy groups -OCH3 is 1. The molecule has 2 rings (SSSR count). The standard InChI is InChI=1S/C14H14ClNO/c1-17-12-7-8-13(15)14(9-12)16-10-11-5-3-2-4-6-11/h2-9,16H,10H2,1H3. The zero-order valence-electron chi connectivity index (χ0n) is 9.61. The van der Waals surface area contributed by atoms with Gasteiger partial charge in [-0.3, -0.25) is 0 Å². The van der Waals surface area contributed by atoms with E-state index in [1.54, 1.807) is 7.11 Å². The van der Waals surface area contributed by atoms with E-state index in [9.17, 15) is 0 Å². The molecular weight excluding hydrogens is 234 g/mol. The number of ether oxygens (including phenoxy) is 1. The predicted molar refractivity (Wildman–Crippen MR) is 71.8 cm³/mol. The molecule has 2 aromatic rings. The van der Waals surface area contributed by atoms with Gasteiger partial charge in [-0.15, -0.1) is 0 Å². The van der Waals surface area contributed by atoms with Gasteiger partial charge in [0.05, 0.1) is 17.8 Å². The molecule has 0 spiro atoms. The number of halogens is 1. The predicted octanol–water partition coefficient (Wildman–Crippen LogP) is 3.96. The Kier molecular flexibility index (Phi) is 3.89. The van der Waals surface area contributed by atoms with E-state index >= 15 is 0 Å². The molecule has 0 aliphatic rings. The third-order valence-corrected chi connectivity index (χ3v) is 2.83. The summed E-state index contributed by atoms with van der Waals surface area (Å²) in [6.07, 6.45) is 0. The Labute approximate surface area is 106 Å². The van der Waals surface area contributed by atoms with Crippen molar-refractivity contribution in [3.63, 3.8) is 0 Å². The van der Waals surface area contributed by atoms with Crippen LogP contribution < -0.4 is 10.1 Å². The SMILES string of the molecule is COc1ccc(Cl)c(NCc2ccccc2)c1. The van der Waals surface area contributed by atoms with Crippen LogP contribution in [-0.4, -0.2) is 7.11 Å². The lowest BCUT2D eigenvalue weighted by molar-refractivity contribution is 0.415. The average molecular weight is 248 g/mol. The summed E-state index contributed by atoms with van der Waals surface area (Å²) < 4.78 is 5.16. The molecule has 3 heteroatoms. The Bertz CT molecular complexity index is 485. The number of hydrogen-bond acceptors (Lipinski definition) is 2. The van der Waals surface area contributed by atoms with Crippen LogP contribution in [0.3, 0.4) is 0 Å². The Hall–Kier alpha value is -1.67. The van der Waals surface area contributed by atoms with Gasteiger partial charge < -0.3 is 10.1 Å². The van der Waals surface area contributed by atoms with E-state index in [-0.39, 0.29) is 0 Å². The van der Waals surface area contributed by atoms with Crippen molar-refractivity contribution in [3.8, 4) is 5.75 Å². The topological polar surface area (TPSA) is 21.3 Å². The maximum Gasteiger partial charge on any atom is 0.121 e. The number of anilines is 1. The summed E-state index contributed by atoms with van der Waals surface area (Å²) in [5.74, 6) is 0.796. The molecular formula is C14H14ClNO. The molecule has 0 bridgehead atoms. The number of hydrogen-bond donors (Lipinski definition) is 1. The smallest absolute Gasteiger partial charge is 0.121 e. The second kappa shape index (κ2) is 5.60. The van der Waals surface area contributed by atoms with E-state index < -0.39 is 0 Å². The van der Waals surface area contributed by atoms with Gasteiger partial charge in [-0.1, -0.05) is 41.9 Å². The average Bonchev–Trinajstić information content (AvgIpc) is 2.39. The van der Waals surface area contributed by atoms with Crippen LogP contribution in [0.4, 0.5) is 5.69 Å². The first-order chi connectivity index (χ1) is 8.29. The molecule has 0 radical (unpaired) electrons. The lowest BCUT2D eigenvalue weighted by atomic mass is 10.2. The molecule has 0 aliphatic heterocycles. The van der Waals surface area contributed by atoms with Crippen molar-refractivity contribution in [2.75, 3.05) is 12.4 Å². The number of rotatable bonds is 4. The first-order valence-corrected chi connectivity index (χ1v) is 5.79. The lowest BCUT2D eigenvalue weighted by Gasteiger charge is -2.10. The van der Waals surface area contributed by atoms with Crippen molar-refractivity contribution in [2.24, 2.45) is 0 Å². The van der Waals surface area contributed by atoms with E-state index in [4.69, 9.17) is 16.3 Å². The van der Waals surface area contributed by atoms with Crippen LogP contribution in [0.25, 0.3) is 0 Å². The molecule has 0 amide bonds. The third-order valence-electron chi connectivity index (χ3n) is 2.50. The van der Waals surface area contributed by atoms with Gasteiger partial charge >= 0.3 is 0 Å². The van der Waals surface area contributed by atoms with E-state index in [0.717, 1.165) is 18.0 Å². The van der Waals surface area contributed by atoms with Crippen LogP contribution in [-0.2, 0) is 6.54 Å². The summed E-state index contributed by atoms with van der Waals surface area (Å²) in [7, 11) is 1.64. The molecule has 17 heavy (non-hydrogen) atoms. The Morgan fingerprint density at radius 1 is 1.12 bits per heavy atom. The molecule has 0 fully saturated rings. The van der Waals surface area contributed by atoms with Crippen molar-refractivity contribution in [1.82, 2.24) is 0 Å². The zero-order valence-corrected chi connectivity index (χ0v) is 10.4. The summed E-state index contributed by atoms with van der Waals surface area (Å²) in [5.41, 5.74) is 2.10. The van der Waals surface area contributed by atoms with Gasteiger partial charge in [0, 0.05) is 12.6 Å². The Morgan fingerprint density at radius 2 is 1.88 bits per heavy atom. The summed E-state index contributed by atoms with van der Waals surface area (Å²) in [5, 5.41) is 3.99. The van der Waals surface area contributed by atoms with Gasteiger partial charge in [0.1, 0.15) is 5.75 Å². The van der Waals surface area contributed by atoms with Gasteiger partial charge in [0.25, 0.3) is 0 Å². The summed E-state index contributed by atoms with van der Waals surface area (Å²) in [4.78, 5) is 0. The summed E-state index contributed by atoms with van der Waals surface area (Å²) in [6.45, 7) is 0.744. The van der Waals surface area contributed by atoms with E-state index in [1.807, 2.05) is 36.4 Å². The van der Waals surface area contributed by atoms with Crippen LogP contribution in [0.2, 0.25) is 5.02 Å². The van der Waals surface area contributed by atoms with Gasteiger partial charge in [-0.2, -0.15) is 0 Å². The van der Waals surface area contributed by atoms with Crippen LogP contribution in [0.5, 0.6) is 5.75 Å². The fourth-order valence-corrected chi connectivity index (χ4v) is 1.74. The summed E-state index contributed by atoms with van der Waals surface area (Å²) in [6, 6.07) is 15.7. The second-order valence-corrected chi connectivity index (χ2v) is 4.09. The van der Waals surface area contributed by atoms with Gasteiger partial charge in [-0.25, -0.2) is 0 Å². The van der Waals surface area contributed by atoms with Crippen molar-refractivity contribution in [2.45, 2.75) is 6.54 Å². The number of nitrogens with one attached hydrogen (secondary N) is 1. The molecule has 2 aromatic carbocycles. The normalized spacial score (nSPS) is 10.0. The molecule has 1 N–H and O–H groups in total. The summed E-state index contributed by atoms with van der Waals surface area (Å²) >= 11 is 6.10.